The first kappa shape index (κ1) is 12.9. The zero-order valence-corrected chi connectivity index (χ0v) is 10.6. The van der Waals surface area contributed by atoms with Gasteiger partial charge in [-0.1, -0.05) is 12.1 Å². The van der Waals surface area contributed by atoms with Crippen LogP contribution in [0.4, 0.5) is 4.39 Å². The van der Waals surface area contributed by atoms with Crippen molar-refractivity contribution >= 4 is 11.8 Å². The molecule has 1 heterocycles. The molecule has 0 atom stereocenters. The monoisotopic (exact) mass is 255 g/mol. The summed E-state index contributed by atoms with van der Waals surface area (Å²) >= 11 is 1.89. The number of thioether (sulfide) groups is 1. The summed E-state index contributed by atoms with van der Waals surface area (Å²) in [7, 11) is 0. The van der Waals surface area contributed by atoms with Gasteiger partial charge >= 0.3 is 0 Å². The van der Waals surface area contributed by atoms with E-state index in [1.807, 2.05) is 17.8 Å². The number of benzene rings is 1. The van der Waals surface area contributed by atoms with Crippen molar-refractivity contribution in [3.63, 3.8) is 0 Å². The lowest BCUT2D eigenvalue weighted by Gasteiger charge is -2.32. The third kappa shape index (κ3) is 3.98. The van der Waals surface area contributed by atoms with Gasteiger partial charge in [0, 0.05) is 13.1 Å². The van der Waals surface area contributed by atoms with Crippen LogP contribution in [0.5, 0.6) is 0 Å². The van der Waals surface area contributed by atoms with Gasteiger partial charge in [0.1, 0.15) is 5.82 Å². The van der Waals surface area contributed by atoms with Gasteiger partial charge in [-0.25, -0.2) is 4.39 Å². The lowest BCUT2D eigenvalue weighted by Crippen LogP contribution is -2.43. The van der Waals surface area contributed by atoms with E-state index < -0.39 is 5.60 Å². The highest BCUT2D eigenvalue weighted by molar-refractivity contribution is 7.99. The van der Waals surface area contributed by atoms with Crippen LogP contribution in [0.15, 0.2) is 24.3 Å². The molecule has 0 radical (unpaired) electrons. The molecule has 1 aromatic rings. The Hall–Kier alpha value is -0.580. The van der Waals surface area contributed by atoms with Gasteiger partial charge < -0.3 is 10.4 Å². The summed E-state index contributed by atoms with van der Waals surface area (Å²) in [6, 6.07) is 6.55. The average molecular weight is 255 g/mol. The molecular formula is C13H18FNOS. The van der Waals surface area contributed by atoms with Gasteiger partial charge in [0.15, 0.2) is 0 Å². The summed E-state index contributed by atoms with van der Waals surface area (Å²) in [4.78, 5) is 0. The topological polar surface area (TPSA) is 32.3 Å². The molecule has 2 N–H and O–H groups in total. The largest absolute Gasteiger partial charge is 0.389 e. The number of hydrogen-bond donors (Lipinski definition) is 2. The summed E-state index contributed by atoms with van der Waals surface area (Å²) < 4.78 is 12.9. The molecule has 94 valence electrons. The Morgan fingerprint density at radius 1 is 1.35 bits per heavy atom. The van der Waals surface area contributed by atoms with Crippen LogP contribution in [0.25, 0.3) is 0 Å². The van der Waals surface area contributed by atoms with Crippen LogP contribution >= 0.6 is 11.8 Å². The molecule has 1 saturated heterocycles. The molecule has 1 aliphatic rings. The van der Waals surface area contributed by atoms with E-state index in [0.717, 1.165) is 29.9 Å². The van der Waals surface area contributed by atoms with Gasteiger partial charge in [-0.2, -0.15) is 11.8 Å². The van der Waals surface area contributed by atoms with Gasteiger partial charge in [0.05, 0.1) is 5.60 Å². The van der Waals surface area contributed by atoms with E-state index in [1.165, 1.54) is 12.1 Å². The summed E-state index contributed by atoms with van der Waals surface area (Å²) in [6.07, 6.45) is 1.68. The molecule has 2 nitrogen and oxygen atoms in total. The predicted octanol–water partition coefficient (Wildman–Crippen LogP) is 2.17. The van der Waals surface area contributed by atoms with Crippen molar-refractivity contribution in [3.8, 4) is 0 Å². The van der Waals surface area contributed by atoms with Crippen molar-refractivity contribution < 1.29 is 9.50 Å². The Morgan fingerprint density at radius 3 is 2.82 bits per heavy atom. The minimum Gasteiger partial charge on any atom is -0.389 e. The molecule has 0 aromatic heterocycles. The van der Waals surface area contributed by atoms with Gasteiger partial charge in [0.2, 0.25) is 0 Å². The molecule has 0 amide bonds. The molecule has 4 heteroatoms. The maximum absolute atomic E-state index is 12.9. The van der Waals surface area contributed by atoms with Gasteiger partial charge in [-0.3, -0.25) is 0 Å². The van der Waals surface area contributed by atoms with E-state index in [4.69, 9.17) is 0 Å². The van der Waals surface area contributed by atoms with Crippen LogP contribution in [0.3, 0.4) is 0 Å². The van der Waals surface area contributed by atoms with Crippen LogP contribution in [-0.2, 0) is 6.54 Å². The maximum Gasteiger partial charge on any atom is 0.123 e. The van der Waals surface area contributed by atoms with Gasteiger partial charge in [0.25, 0.3) is 0 Å². The van der Waals surface area contributed by atoms with Crippen LogP contribution in [0.2, 0.25) is 0 Å². The highest BCUT2D eigenvalue weighted by atomic mass is 32.2. The van der Waals surface area contributed by atoms with Gasteiger partial charge in [-0.15, -0.1) is 0 Å². The molecule has 1 fully saturated rings. The van der Waals surface area contributed by atoms with Crippen molar-refractivity contribution in [1.29, 1.82) is 0 Å². The molecule has 0 saturated carbocycles. The number of hydrogen-bond acceptors (Lipinski definition) is 3. The number of nitrogens with one attached hydrogen (secondary N) is 1. The highest BCUT2D eigenvalue weighted by Gasteiger charge is 2.28. The molecule has 2 rings (SSSR count). The Morgan fingerprint density at radius 2 is 2.12 bits per heavy atom. The number of aliphatic hydroxyl groups is 1. The first-order chi connectivity index (χ1) is 8.18. The van der Waals surface area contributed by atoms with Crippen molar-refractivity contribution in [2.45, 2.75) is 25.0 Å². The summed E-state index contributed by atoms with van der Waals surface area (Å²) in [5.74, 6) is 1.84. The van der Waals surface area contributed by atoms with E-state index in [0.29, 0.717) is 13.1 Å². The first-order valence-corrected chi connectivity index (χ1v) is 7.09. The zero-order valence-electron chi connectivity index (χ0n) is 9.79. The standard InChI is InChI=1S/C13H18FNOS/c14-12-3-1-2-11(8-12)9-15-10-13(16)4-6-17-7-5-13/h1-3,8,15-16H,4-7,9-10H2. The van der Waals surface area contributed by atoms with E-state index in [9.17, 15) is 9.50 Å². The molecule has 0 bridgehead atoms. The van der Waals surface area contributed by atoms with E-state index in [2.05, 4.69) is 5.32 Å². The third-order valence-corrected chi connectivity index (χ3v) is 4.08. The Bertz CT molecular complexity index is 366. The Labute approximate surface area is 106 Å². The van der Waals surface area contributed by atoms with Crippen LogP contribution < -0.4 is 5.32 Å². The second-order valence-corrected chi connectivity index (χ2v) is 5.79. The second kappa shape index (κ2) is 5.85. The molecule has 0 aliphatic carbocycles. The fourth-order valence-corrected chi connectivity index (χ4v) is 3.27. The SMILES string of the molecule is OC1(CNCc2cccc(F)c2)CCSCC1. The fourth-order valence-electron chi connectivity index (χ4n) is 2.01. The number of halogens is 1. The van der Waals surface area contributed by atoms with E-state index >= 15 is 0 Å². The van der Waals surface area contributed by atoms with E-state index in [-0.39, 0.29) is 5.82 Å². The fraction of sp³-hybridized carbons (Fsp3) is 0.538. The molecule has 1 aromatic carbocycles. The lowest BCUT2D eigenvalue weighted by molar-refractivity contribution is 0.0320. The Kier molecular flexibility index (Phi) is 4.42. The summed E-state index contributed by atoms with van der Waals surface area (Å²) in [6.45, 7) is 1.19. The van der Waals surface area contributed by atoms with Crippen LogP contribution in [-0.4, -0.2) is 28.8 Å². The number of rotatable bonds is 4. The zero-order chi connectivity index (χ0) is 12.1. The van der Waals surface area contributed by atoms with E-state index in [1.54, 1.807) is 6.07 Å². The molecule has 17 heavy (non-hydrogen) atoms. The predicted molar refractivity (Wildman–Crippen MR) is 69.6 cm³/mol. The van der Waals surface area contributed by atoms with Crippen molar-refractivity contribution in [2.24, 2.45) is 0 Å². The third-order valence-electron chi connectivity index (χ3n) is 3.10. The molecule has 0 unspecified atom stereocenters. The highest BCUT2D eigenvalue weighted by Crippen LogP contribution is 2.26. The second-order valence-electron chi connectivity index (χ2n) is 4.57. The molecule has 0 spiro atoms. The normalized spacial score (nSPS) is 19.2. The van der Waals surface area contributed by atoms with Crippen molar-refractivity contribution in [3.05, 3.63) is 35.6 Å². The van der Waals surface area contributed by atoms with Gasteiger partial charge in [-0.05, 0) is 42.0 Å². The molecular weight excluding hydrogens is 237 g/mol. The van der Waals surface area contributed by atoms with Crippen LogP contribution in [0, 0.1) is 5.82 Å². The van der Waals surface area contributed by atoms with Crippen molar-refractivity contribution in [1.82, 2.24) is 5.32 Å². The van der Waals surface area contributed by atoms with Crippen LogP contribution in [0.1, 0.15) is 18.4 Å². The van der Waals surface area contributed by atoms with Crippen molar-refractivity contribution in [2.75, 3.05) is 18.1 Å². The lowest BCUT2D eigenvalue weighted by atomic mass is 9.97. The maximum atomic E-state index is 12.9. The first-order valence-electron chi connectivity index (χ1n) is 5.93. The Balaban J connectivity index is 1.79. The molecule has 1 aliphatic heterocycles. The summed E-state index contributed by atoms with van der Waals surface area (Å²) in [5, 5.41) is 13.5. The minimum absolute atomic E-state index is 0.211. The quantitative estimate of drug-likeness (QED) is 0.865. The minimum atomic E-state index is -0.571. The smallest absolute Gasteiger partial charge is 0.123 e. The average Bonchev–Trinajstić information content (AvgIpc) is 2.30. The summed E-state index contributed by atoms with van der Waals surface area (Å²) in [5.41, 5.74) is 0.345.